The van der Waals surface area contributed by atoms with Crippen LogP contribution in [0.1, 0.15) is 0 Å². The van der Waals surface area contributed by atoms with Gasteiger partial charge in [0.15, 0.2) is 6.10 Å². The Morgan fingerprint density at radius 1 is 1.17 bits per heavy atom. The number of amides is 2. The van der Waals surface area contributed by atoms with E-state index in [1.807, 2.05) is 48.5 Å². The van der Waals surface area contributed by atoms with Crippen LogP contribution >= 0.6 is 11.8 Å². The number of carbonyl (C=O) groups excluding carboxylic acids is 2. The van der Waals surface area contributed by atoms with Gasteiger partial charge in [-0.2, -0.15) is 0 Å². The second-order valence-corrected chi connectivity index (χ2v) is 6.34. The lowest BCUT2D eigenvalue weighted by Gasteiger charge is -2.34. The molecule has 24 heavy (non-hydrogen) atoms. The van der Waals surface area contributed by atoms with Crippen LogP contribution < -0.4 is 15.0 Å². The third kappa shape index (κ3) is 3.54. The van der Waals surface area contributed by atoms with Gasteiger partial charge in [-0.3, -0.25) is 9.59 Å². The molecule has 0 aromatic heterocycles. The first-order valence-electron chi connectivity index (χ1n) is 7.64. The topological polar surface area (TPSA) is 58.6 Å². The van der Waals surface area contributed by atoms with Crippen LogP contribution in [0.5, 0.6) is 5.75 Å². The van der Waals surface area contributed by atoms with Crippen LogP contribution in [0, 0.1) is 0 Å². The summed E-state index contributed by atoms with van der Waals surface area (Å²) in [6, 6.07) is 17.1. The van der Waals surface area contributed by atoms with E-state index in [0.717, 1.165) is 4.90 Å². The number of rotatable bonds is 4. The van der Waals surface area contributed by atoms with Gasteiger partial charge in [-0.05, 0) is 24.3 Å². The Kier molecular flexibility index (Phi) is 5.05. The molecule has 1 N–H and O–H groups in total. The Morgan fingerprint density at radius 3 is 2.62 bits per heavy atom. The minimum absolute atomic E-state index is 0.0477. The number of fused-ring (bicyclic) bond motifs is 1. The first-order valence-corrected chi connectivity index (χ1v) is 8.63. The quantitative estimate of drug-likeness (QED) is 0.867. The molecule has 0 bridgehead atoms. The molecule has 0 saturated carbocycles. The van der Waals surface area contributed by atoms with Crippen LogP contribution in [0.3, 0.4) is 0 Å². The Morgan fingerprint density at radius 2 is 1.88 bits per heavy atom. The predicted molar refractivity (Wildman–Crippen MR) is 94.4 cm³/mol. The zero-order chi connectivity index (χ0) is 16.9. The molecule has 1 aliphatic heterocycles. The molecule has 6 heteroatoms. The highest BCUT2D eigenvalue weighted by Crippen LogP contribution is 2.33. The molecule has 1 atom stereocenters. The van der Waals surface area contributed by atoms with Gasteiger partial charge in [-0.25, -0.2) is 0 Å². The van der Waals surface area contributed by atoms with E-state index in [0.29, 0.717) is 17.2 Å². The molecule has 2 amide bonds. The normalized spacial score (nSPS) is 16.0. The van der Waals surface area contributed by atoms with Crippen molar-refractivity contribution in [1.82, 2.24) is 5.32 Å². The lowest BCUT2D eigenvalue weighted by molar-refractivity contribution is -0.127. The number of para-hydroxylation sites is 2. The lowest BCUT2D eigenvalue weighted by atomic mass is 10.2. The fourth-order valence-corrected chi connectivity index (χ4v) is 3.30. The van der Waals surface area contributed by atoms with Gasteiger partial charge in [-0.1, -0.05) is 30.3 Å². The van der Waals surface area contributed by atoms with Gasteiger partial charge in [0.25, 0.3) is 5.91 Å². The van der Waals surface area contributed by atoms with E-state index in [4.69, 9.17) is 4.74 Å². The van der Waals surface area contributed by atoms with Gasteiger partial charge in [0.05, 0.1) is 18.0 Å². The molecule has 3 rings (SSSR count). The van der Waals surface area contributed by atoms with Gasteiger partial charge in [0.2, 0.25) is 5.91 Å². The molecule has 0 unspecified atom stereocenters. The number of ether oxygens (including phenoxy) is 1. The summed E-state index contributed by atoms with van der Waals surface area (Å²) in [6.07, 6.45) is -0.699. The second-order valence-electron chi connectivity index (χ2n) is 5.29. The van der Waals surface area contributed by atoms with E-state index in [1.165, 1.54) is 11.8 Å². The minimum Gasteiger partial charge on any atom is -0.477 e. The molecule has 0 saturated heterocycles. The van der Waals surface area contributed by atoms with Crippen molar-refractivity contribution in [3.8, 4) is 5.75 Å². The number of nitrogens with zero attached hydrogens (tertiary/aromatic N) is 1. The minimum atomic E-state index is -0.699. The van der Waals surface area contributed by atoms with E-state index < -0.39 is 6.10 Å². The van der Waals surface area contributed by atoms with Crippen molar-refractivity contribution in [3.05, 3.63) is 54.6 Å². The Hall–Kier alpha value is -2.47. The average molecular weight is 342 g/mol. The van der Waals surface area contributed by atoms with Crippen molar-refractivity contribution in [3.63, 3.8) is 0 Å². The van der Waals surface area contributed by atoms with Crippen molar-refractivity contribution in [2.75, 3.05) is 24.2 Å². The smallest absolute Gasteiger partial charge is 0.262 e. The van der Waals surface area contributed by atoms with Gasteiger partial charge < -0.3 is 15.0 Å². The first kappa shape index (κ1) is 16.4. The summed E-state index contributed by atoms with van der Waals surface area (Å²) in [5.74, 6) is 0.570. The van der Waals surface area contributed by atoms with E-state index in [-0.39, 0.29) is 18.4 Å². The summed E-state index contributed by atoms with van der Waals surface area (Å²) in [5.41, 5.74) is 0.705. The summed E-state index contributed by atoms with van der Waals surface area (Å²) in [6.45, 7) is 0.213. The summed E-state index contributed by atoms with van der Waals surface area (Å²) >= 11 is 1.48. The summed E-state index contributed by atoms with van der Waals surface area (Å²) in [5, 5.41) is 2.58. The molecule has 124 valence electrons. The molecule has 0 aliphatic carbocycles. The monoisotopic (exact) mass is 342 g/mol. The molecule has 2 aromatic rings. The number of nitrogens with one attached hydrogen (secondary N) is 1. The van der Waals surface area contributed by atoms with Crippen molar-refractivity contribution in [2.45, 2.75) is 11.0 Å². The number of hydrogen-bond acceptors (Lipinski definition) is 4. The highest BCUT2D eigenvalue weighted by molar-refractivity contribution is 8.00. The van der Waals surface area contributed by atoms with Crippen molar-refractivity contribution in [1.29, 1.82) is 0 Å². The number of likely N-dealkylation sites (N-methyl/N-ethyl adjacent to an activating group) is 1. The van der Waals surface area contributed by atoms with Gasteiger partial charge >= 0.3 is 0 Å². The SMILES string of the molecule is CNC(=O)[C@H]1CN(C(=O)CSc2ccccc2)c2ccccc2O1. The summed E-state index contributed by atoms with van der Waals surface area (Å²) in [4.78, 5) is 27.3. The fraction of sp³-hybridized carbons (Fsp3) is 0.222. The highest BCUT2D eigenvalue weighted by Gasteiger charge is 2.33. The third-order valence-electron chi connectivity index (χ3n) is 3.72. The van der Waals surface area contributed by atoms with Crippen LogP contribution in [-0.4, -0.2) is 37.3 Å². The molecule has 0 fully saturated rings. The first-order chi connectivity index (χ1) is 11.7. The van der Waals surface area contributed by atoms with Crippen LogP contribution in [-0.2, 0) is 9.59 Å². The Labute approximate surface area is 145 Å². The van der Waals surface area contributed by atoms with E-state index in [9.17, 15) is 9.59 Å². The third-order valence-corrected chi connectivity index (χ3v) is 4.72. The van der Waals surface area contributed by atoms with Crippen molar-refractivity contribution >= 4 is 29.3 Å². The van der Waals surface area contributed by atoms with Crippen molar-refractivity contribution in [2.24, 2.45) is 0 Å². The zero-order valence-corrected chi connectivity index (χ0v) is 14.1. The number of benzene rings is 2. The number of hydrogen-bond donors (Lipinski definition) is 1. The van der Waals surface area contributed by atoms with Crippen LogP contribution in [0.4, 0.5) is 5.69 Å². The summed E-state index contributed by atoms with van der Waals surface area (Å²) < 4.78 is 5.72. The van der Waals surface area contributed by atoms with Crippen molar-refractivity contribution < 1.29 is 14.3 Å². The molecular formula is C18H18N2O3S. The van der Waals surface area contributed by atoms with E-state index >= 15 is 0 Å². The van der Waals surface area contributed by atoms with Crippen LogP contribution in [0.25, 0.3) is 0 Å². The number of carbonyl (C=O) groups is 2. The Balaban J connectivity index is 1.77. The predicted octanol–water partition coefficient (Wildman–Crippen LogP) is 2.32. The molecule has 5 nitrogen and oxygen atoms in total. The molecule has 1 heterocycles. The number of anilines is 1. The second kappa shape index (κ2) is 7.40. The summed E-state index contributed by atoms with van der Waals surface area (Å²) in [7, 11) is 1.56. The fourth-order valence-electron chi connectivity index (χ4n) is 2.51. The maximum absolute atomic E-state index is 12.7. The maximum Gasteiger partial charge on any atom is 0.262 e. The number of thioether (sulfide) groups is 1. The zero-order valence-electron chi connectivity index (χ0n) is 13.3. The van der Waals surface area contributed by atoms with Crippen LogP contribution in [0.2, 0.25) is 0 Å². The molecular weight excluding hydrogens is 324 g/mol. The maximum atomic E-state index is 12.7. The van der Waals surface area contributed by atoms with Gasteiger partial charge in [0, 0.05) is 11.9 Å². The van der Waals surface area contributed by atoms with Crippen LogP contribution in [0.15, 0.2) is 59.5 Å². The standard InChI is InChI=1S/C18H18N2O3S/c1-19-18(22)16-11-20(14-9-5-6-10-15(14)23-16)17(21)12-24-13-7-3-2-4-8-13/h2-10,16H,11-12H2,1H3,(H,19,22)/t16-/m1/s1. The molecule has 1 aliphatic rings. The average Bonchev–Trinajstić information content (AvgIpc) is 2.65. The largest absolute Gasteiger partial charge is 0.477 e. The van der Waals surface area contributed by atoms with Gasteiger partial charge in [-0.15, -0.1) is 11.8 Å². The highest BCUT2D eigenvalue weighted by atomic mass is 32.2. The van der Waals surface area contributed by atoms with E-state index in [2.05, 4.69) is 5.32 Å². The molecule has 0 spiro atoms. The Bertz CT molecular complexity index is 736. The van der Waals surface area contributed by atoms with E-state index in [1.54, 1.807) is 18.0 Å². The lowest BCUT2D eigenvalue weighted by Crippen LogP contribution is -2.50. The van der Waals surface area contributed by atoms with Gasteiger partial charge in [0.1, 0.15) is 5.75 Å². The molecule has 0 radical (unpaired) electrons. The molecule has 2 aromatic carbocycles.